The monoisotopic (exact) mass is 350 g/mol. The fourth-order valence-corrected chi connectivity index (χ4v) is 3.46. The normalized spacial score (nSPS) is 15.6. The van der Waals surface area contributed by atoms with Gasteiger partial charge in [0.15, 0.2) is 0 Å². The number of carbonyl (C=O) groups excluding carboxylic acids is 1. The zero-order valence-electron chi connectivity index (χ0n) is 14.5. The topological polar surface area (TPSA) is 81.2 Å². The third kappa shape index (κ3) is 3.61. The first kappa shape index (κ1) is 16.8. The van der Waals surface area contributed by atoms with E-state index in [4.69, 9.17) is 0 Å². The molecule has 0 bridgehead atoms. The third-order valence-corrected chi connectivity index (χ3v) is 4.86. The number of rotatable bonds is 5. The predicted octanol–water partition coefficient (Wildman–Crippen LogP) is 1.71. The van der Waals surface area contributed by atoms with Gasteiger partial charge in [0.25, 0.3) is 5.91 Å². The van der Waals surface area contributed by atoms with Crippen LogP contribution in [-0.4, -0.2) is 51.6 Å². The van der Waals surface area contributed by atoms with E-state index in [0.29, 0.717) is 12.1 Å². The van der Waals surface area contributed by atoms with Gasteiger partial charge < -0.3 is 15.4 Å². The number of nitrogens with one attached hydrogen (secondary N) is 2. The molecule has 6 nitrogen and oxygen atoms in total. The largest absolute Gasteiger partial charge is 0.390 e. The molecule has 1 atom stereocenters. The SMILES string of the molecule is O=C(NC[C@H](O)CN1CCc2ccccc2C1)c1ccc2[nH]cnc2c1. The van der Waals surface area contributed by atoms with Crippen LogP contribution >= 0.6 is 0 Å². The van der Waals surface area contributed by atoms with Gasteiger partial charge in [-0.3, -0.25) is 9.69 Å². The fourth-order valence-electron chi connectivity index (χ4n) is 3.46. The fraction of sp³-hybridized carbons (Fsp3) is 0.300. The molecule has 0 aliphatic carbocycles. The highest BCUT2D eigenvalue weighted by Gasteiger charge is 2.19. The van der Waals surface area contributed by atoms with Gasteiger partial charge >= 0.3 is 0 Å². The summed E-state index contributed by atoms with van der Waals surface area (Å²) in [5.74, 6) is -0.196. The van der Waals surface area contributed by atoms with Gasteiger partial charge in [-0.25, -0.2) is 4.98 Å². The van der Waals surface area contributed by atoms with E-state index in [2.05, 4.69) is 44.5 Å². The Morgan fingerprint density at radius 2 is 2.12 bits per heavy atom. The lowest BCUT2D eigenvalue weighted by Gasteiger charge is -2.30. The van der Waals surface area contributed by atoms with Crippen molar-refractivity contribution in [1.82, 2.24) is 20.2 Å². The first-order valence-corrected chi connectivity index (χ1v) is 8.87. The van der Waals surface area contributed by atoms with Crippen LogP contribution in [0.4, 0.5) is 0 Å². The molecule has 3 N–H and O–H groups in total. The Bertz CT molecular complexity index is 921. The zero-order valence-corrected chi connectivity index (χ0v) is 14.5. The van der Waals surface area contributed by atoms with Crippen LogP contribution < -0.4 is 5.32 Å². The smallest absolute Gasteiger partial charge is 0.251 e. The molecule has 134 valence electrons. The van der Waals surface area contributed by atoms with E-state index in [1.165, 1.54) is 11.1 Å². The first-order chi connectivity index (χ1) is 12.7. The Balaban J connectivity index is 1.30. The van der Waals surface area contributed by atoms with E-state index >= 15 is 0 Å². The van der Waals surface area contributed by atoms with Crippen molar-refractivity contribution in [3.8, 4) is 0 Å². The van der Waals surface area contributed by atoms with Crippen LogP contribution in [0.25, 0.3) is 11.0 Å². The van der Waals surface area contributed by atoms with Crippen LogP contribution in [-0.2, 0) is 13.0 Å². The second-order valence-electron chi connectivity index (χ2n) is 6.75. The first-order valence-electron chi connectivity index (χ1n) is 8.87. The molecule has 1 aliphatic heterocycles. The minimum atomic E-state index is -0.599. The minimum absolute atomic E-state index is 0.196. The molecule has 0 fully saturated rings. The van der Waals surface area contributed by atoms with Crippen molar-refractivity contribution in [3.05, 3.63) is 65.5 Å². The van der Waals surface area contributed by atoms with Crippen LogP contribution in [0.5, 0.6) is 0 Å². The van der Waals surface area contributed by atoms with Crippen molar-refractivity contribution in [2.24, 2.45) is 0 Å². The Hall–Kier alpha value is -2.70. The molecule has 1 aliphatic rings. The van der Waals surface area contributed by atoms with Crippen molar-refractivity contribution >= 4 is 16.9 Å². The van der Waals surface area contributed by atoms with Gasteiger partial charge in [-0.1, -0.05) is 24.3 Å². The summed E-state index contributed by atoms with van der Waals surface area (Å²) < 4.78 is 0. The number of hydrogen-bond donors (Lipinski definition) is 3. The van der Waals surface area contributed by atoms with Crippen LogP contribution in [0.1, 0.15) is 21.5 Å². The van der Waals surface area contributed by atoms with Crippen LogP contribution in [0.3, 0.4) is 0 Å². The van der Waals surface area contributed by atoms with E-state index < -0.39 is 6.10 Å². The summed E-state index contributed by atoms with van der Waals surface area (Å²) in [7, 11) is 0. The maximum atomic E-state index is 12.3. The molecule has 1 amide bonds. The van der Waals surface area contributed by atoms with Crippen molar-refractivity contribution < 1.29 is 9.90 Å². The van der Waals surface area contributed by atoms with E-state index in [1.54, 1.807) is 18.5 Å². The van der Waals surface area contributed by atoms with Crippen LogP contribution in [0.15, 0.2) is 48.8 Å². The molecule has 0 radical (unpaired) electrons. The van der Waals surface area contributed by atoms with Gasteiger partial charge in [0, 0.05) is 31.7 Å². The number of aromatic amines is 1. The Kier molecular flexibility index (Phi) is 4.69. The highest BCUT2D eigenvalue weighted by molar-refractivity contribution is 5.97. The van der Waals surface area contributed by atoms with Crippen LogP contribution in [0, 0.1) is 0 Å². The number of aliphatic hydroxyl groups is 1. The summed E-state index contributed by atoms with van der Waals surface area (Å²) >= 11 is 0. The lowest BCUT2D eigenvalue weighted by atomic mass is 10.00. The number of nitrogens with zero attached hydrogens (tertiary/aromatic N) is 2. The van der Waals surface area contributed by atoms with E-state index in [-0.39, 0.29) is 12.5 Å². The Labute approximate surface area is 151 Å². The second-order valence-corrected chi connectivity index (χ2v) is 6.75. The van der Waals surface area contributed by atoms with Gasteiger partial charge in [0.1, 0.15) is 0 Å². The number of aliphatic hydroxyl groups excluding tert-OH is 1. The number of hydrogen-bond acceptors (Lipinski definition) is 4. The maximum Gasteiger partial charge on any atom is 0.251 e. The summed E-state index contributed by atoms with van der Waals surface area (Å²) in [4.78, 5) is 21.7. The summed E-state index contributed by atoms with van der Waals surface area (Å²) in [6, 6.07) is 13.8. The molecule has 0 saturated carbocycles. The zero-order chi connectivity index (χ0) is 17.9. The van der Waals surface area contributed by atoms with Crippen LogP contribution in [0.2, 0.25) is 0 Å². The molecule has 4 rings (SSSR count). The van der Waals surface area contributed by atoms with E-state index in [9.17, 15) is 9.90 Å². The molecule has 2 aromatic carbocycles. The van der Waals surface area contributed by atoms with Crippen molar-refractivity contribution in [2.45, 2.75) is 19.1 Å². The second kappa shape index (κ2) is 7.27. The molecule has 0 spiro atoms. The molecule has 26 heavy (non-hydrogen) atoms. The number of aromatic nitrogens is 2. The number of carbonyl (C=O) groups is 1. The van der Waals surface area contributed by atoms with Gasteiger partial charge in [0.2, 0.25) is 0 Å². The maximum absolute atomic E-state index is 12.3. The lowest BCUT2D eigenvalue weighted by Crippen LogP contribution is -2.42. The van der Waals surface area contributed by atoms with Gasteiger partial charge in [0.05, 0.1) is 23.5 Å². The molecule has 6 heteroatoms. The van der Waals surface area contributed by atoms with E-state index in [1.807, 2.05) is 6.07 Å². The van der Waals surface area contributed by atoms with Gasteiger partial charge in [-0.2, -0.15) is 0 Å². The number of H-pyrrole nitrogens is 1. The highest BCUT2D eigenvalue weighted by Crippen LogP contribution is 2.18. The number of fused-ring (bicyclic) bond motifs is 2. The molecule has 0 saturated heterocycles. The van der Waals surface area contributed by atoms with Gasteiger partial charge in [-0.15, -0.1) is 0 Å². The van der Waals surface area contributed by atoms with Crippen molar-refractivity contribution in [2.75, 3.05) is 19.6 Å². The summed E-state index contributed by atoms with van der Waals surface area (Å²) in [6.07, 6.45) is 2.00. The minimum Gasteiger partial charge on any atom is -0.390 e. The molecule has 2 heterocycles. The number of benzene rings is 2. The molecule has 0 unspecified atom stereocenters. The van der Waals surface area contributed by atoms with Crippen molar-refractivity contribution in [3.63, 3.8) is 0 Å². The quantitative estimate of drug-likeness (QED) is 0.654. The standard InChI is InChI=1S/C20H22N4O2/c25-17(12-24-8-7-14-3-1-2-4-16(14)11-24)10-21-20(26)15-5-6-18-19(9-15)23-13-22-18/h1-6,9,13,17,25H,7-8,10-12H2,(H,21,26)(H,22,23)/t17-/m0/s1. The van der Waals surface area contributed by atoms with Crippen molar-refractivity contribution in [1.29, 1.82) is 0 Å². The van der Waals surface area contributed by atoms with Gasteiger partial charge in [-0.05, 0) is 35.7 Å². The molecule has 1 aromatic heterocycles. The van der Waals surface area contributed by atoms with E-state index in [0.717, 1.165) is 30.5 Å². The predicted molar refractivity (Wildman–Crippen MR) is 99.9 cm³/mol. The average Bonchev–Trinajstić information content (AvgIpc) is 3.14. The lowest BCUT2D eigenvalue weighted by molar-refractivity contribution is 0.0842. The Morgan fingerprint density at radius 3 is 3.00 bits per heavy atom. The number of β-amino-alcohol motifs (C(OH)–C–C–N with tert-alkyl or cyclic N) is 1. The summed E-state index contributed by atoms with van der Waals surface area (Å²) in [5.41, 5.74) is 4.91. The third-order valence-electron chi connectivity index (χ3n) is 4.86. The summed E-state index contributed by atoms with van der Waals surface area (Å²) in [6.45, 7) is 2.55. The highest BCUT2D eigenvalue weighted by atomic mass is 16.3. The average molecular weight is 350 g/mol. The number of imidazole rings is 1. The molecular weight excluding hydrogens is 328 g/mol. The molecular formula is C20H22N4O2. The summed E-state index contributed by atoms with van der Waals surface area (Å²) in [5, 5.41) is 13.1. The molecule has 3 aromatic rings. The Morgan fingerprint density at radius 1 is 1.27 bits per heavy atom. The number of amides is 1.